The summed E-state index contributed by atoms with van der Waals surface area (Å²) in [5, 5.41) is 3.17. The van der Waals surface area contributed by atoms with E-state index in [9.17, 15) is 14.4 Å². The number of halogens is 1. The number of amides is 2. The van der Waals surface area contributed by atoms with Crippen molar-refractivity contribution in [2.75, 3.05) is 13.1 Å². The lowest BCUT2D eigenvalue weighted by Crippen LogP contribution is -2.37. The Morgan fingerprint density at radius 2 is 2.12 bits per heavy atom. The van der Waals surface area contributed by atoms with Crippen molar-refractivity contribution in [1.82, 2.24) is 10.2 Å². The standard InChI is InChI=1S/C17H21ClN2O4/c1-3-19-16(22)11(2)24-17(23)13-8-15(21)20(10-13)9-12-6-4-5-7-14(12)18/h4-7,11,13H,3,8-10H2,1-2H3,(H,19,22)/t11-,13-/m1/s1. The number of carbonyl (C=O) groups excluding carboxylic acids is 3. The maximum Gasteiger partial charge on any atom is 0.312 e. The van der Waals surface area contributed by atoms with Crippen LogP contribution >= 0.6 is 11.6 Å². The van der Waals surface area contributed by atoms with Crippen molar-refractivity contribution in [3.63, 3.8) is 0 Å². The number of rotatable bonds is 6. The van der Waals surface area contributed by atoms with Crippen molar-refractivity contribution in [1.29, 1.82) is 0 Å². The summed E-state index contributed by atoms with van der Waals surface area (Å²) < 4.78 is 5.16. The number of hydrogen-bond donors (Lipinski definition) is 1. The molecule has 0 bridgehead atoms. The van der Waals surface area contributed by atoms with Gasteiger partial charge in [-0.2, -0.15) is 0 Å². The fourth-order valence-electron chi connectivity index (χ4n) is 2.56. The number of nitrogens with one attached hydrogen (secondary N) is 1. The first kappa shape index (κ1) is 18.3. The zero-order chi connectivity index (χ0) is 17.7. The Balaban J connectivity index is 1.93. The third-order valence-electron chi connectivity index (χ3n) is 3.88. The summed E-state index contributed by atoms with van der Waals surface area (Å²) in [6, 6.07) is 7.28. The summed E-state index contributed by atoms with van der Waals surface area (Å²) in [7, 11) is 0. The lowest BCUT2D eigenvalue weighted by Gasteiger charge is -2.18. The molecule has 0 spiro atoms. The molecule has 2 atom stereocenters. The van der Waals surface area contributed by atoms with Crippen LogP contribution in [0.15, 0.2) is 24.3 Å². The Kier molecular flexibility index (Phi) is 6.20. The maximum absolute atomic E-state index is 12.2. The molecule has 0 aliphatic carbocycles. The summed E-state index contributed by atoms with van der Waals surface area (Å²) in [5.41, 5.74) is 0.831. The molecule has 1 heterocycles. The van der Waals surface area contributed by atoms with E-state index in [4.69, 9.17) is 16.3 Å². The number of ether oxygens (including phenoxy) is 1. The normalized spacial score (nSPS) is 18.4. The molecule has 130 valence electrons. The molecule has 1 fully saturated rings. The van der Waals surface area contributed by atoms with Crippen molar-refractivity contribution in [2.45, 2.75) is 32.9 Å². The molecule has 1 N–H and O–H groups in total. The van der Waals surface area contributed by atoms with Crippen LogP contribution in [0.5, 0.6) is 0 Å². The minimum atomic E-state index is -0.870. The molecule has 1 aromatic carbocycles. The molecule has 0 saturated carbocycles. The molecule has 1 aromatic rings. The largest absolute Gasteiger partial charge is 0.452 e. The quantitative estimate of drug-likeness (QED) is 0.791. The molecular weight excluding hydrogens is 332 g/mol. The van der Waals surface area contributed by atoms with Crippen molar-refractivity contribution in [3.05, 3.63) is 34.9 Å². The van der Waals surface area contributed by atoms with Crippen LogP contribution in [0, 0.1) is 5.92 Å². The molecule has 1 saturated heterocycles. The Hall–Kier alpha value is -2.08. The lowest BCUT2D eigenvalue weighted by molar-refractivity contribution is -0.158. The molecule has 24 heavy (non-hydrogen) atoms. The molecule has 0 unspecified atom stereocenters. The molecule has 2 amide bonds. The van der Waals surface area contributed by atoms with E-state index in [2.05, 4.69) is 5.32 Å². The van der Waals surface area contributed by atoms with Gasteiger partial charge in [-0.05, 0) is 25.5 Å². The first-order valence-electron chi connectivity index (χ1n) is 7.91. The van der Waals surface area contributed by atoms with Gasteiger partial charge in [0.05, 0.1) is 5.92 Å². The van der Waals surface area contributed by atoms with Crippen molar-refractivity contribution in [2.24, 2.45) is 5.92 Å². The SMILES string of the molecule is CCNC(=O)[C@@H](C)OC(=O)[C@@H]1CC(=O)N(Cc2ccccc2Cl)C1. The molecule has 2 rings (SSSR count). The van der Waals surface area contributed by atoms with Gasteiger partial charge in [0.15, 0.2) is 6.10 Å². The van der Waals surface area contributed by atoms with Gasteiger partial charge in [-0.1, -0.05) is 29.8 Å². The van der Waals surface area contributed by atoms with Crippen LogP contribution in [0.4, 0.5) is 0 Å². The fourth-order valence-corrected chi connectivity index (χ4v) is 2.75. The van der Waals surface area contributed by atoms with E-state index in [-0.39, 0.29) is 24.8 Å². The molecule has 0 radical (unpaired) electrons. The average molecular weight is 353 g/mol. The van der Waals surface area contributed by atoms with Gasteiger partial charge >= 0.3 is 5.97 Å². The summed E-state index contributed by atoms with van der Waals surface area (Å²) in [4.78, 5) is 37.5. The van der Waals surface area contributed by atoms with Gasteiger partial charge in [0.25, 0.3) is 5.91 Å². The molecule has 1 aliphatic rings. The van der Waals surface area contributed by atoms with E-state index in [1.165, 1.54) is 6.92 Å². The number of nitrogens with zero attached hydrogens (tertiary/aromatic N) is 1. The highest BCUT2D eigenvalue weighted by molar-refractivity contribution is 6.31. The predicted octanol–water partition coefficient (Wildman–Crippen LogP) is 1.76. The second-order valence-corrected chi connectivity index (χ2v) is 6.15. The van der Waals surface area contributed by atoms with Crippen molar-refractivity contribution >= 4 is 29.4 Å². The Labute approximate surface area is 146 Å². The second-order valence-electron chi connectivity index (χ2n) is 5.74. The second kappa shape index (κ2) is 8.15. The Bertz CT molecular complexity index is 635. The first-order chi connectivity index (χ1) is 11.4. The van der Waals surface area contributed by atoms with E-state index in [1.54, 1.807) is 17.9 Å². The lowest BCUT2D eigenvalue weighted by atomic mass is 10.1. The van der Waals surface area contributed by atoms with Crippen LogP contribution in [0.2, 0.25) is 5.02 Å². The van der Waals surface area contributed by atoms with Gasteiger partial charge in [0.2, 0.25) is 5.91 Å². The minimum absolute atomic E-state index is 0.0887. The van der Waals surface area contributed by atoms with Crippen molar-refractivity contribution < 1.29 is 19.1 Å². The fraction of sp³-hybridized carbons (Fsp3) is 0.471. The number of hydrogen-bond acceptors (Lipinski definition) is 4. The zero-order valence-corrected chi connectivity index (χ0v) is 14.5. The number of carbonyl (C=O) groups is 3. The van der Waals surface area contributed by atoms with Crippen LogP contribution in [0.25, 0.3) is 0 Å². The van der Waals surface area contributed by atoms with Crippen LogP contribution in [0.1, 0.15) is 25.8 Å². The van der Waals surface area contributed by atoms with E-state index in [1.807, 2.05) is 18.2 Å². The highest BCUT2D eigenvalue weighted by Gasteiger charge is 2.36. The highest BCUT2D eigenvalue weighted by atomic mass is 35.5. The van der Waals surface area contributed by atoms with E-state index < -0.39 is 18.0 Å². The molecule has 6 nitrogen and oxygen atoms in total. The van der Waals surface area contributed by atoms with Gasteiger partial charge < -0.3 is 15.0 Å². The van der Waals surface area contributed by atoms with Crippen LogP contribution < -0.4 is 5.32 Å². The number of esters is 1. The van der Waals surface area contributed by atoms with E-state index in [0.29, 0.717) is 18.1 Å². The number of benzene rings is 1. The first-order valence-corrected chi connectivity index (χ1v) is 8.29. The van der Waals surface area contributed by atoms with Crippen LogP contribution in [-0.4, -0.2) is 41.9 Å². The molecule has 1 aliphatic heterocycles. The van der Waals surface area contributed by atoms with Crippen LogP contribution in [-0.2, 0) is 25.7 Å². The van der Waals surface area contributed by atoms with Gasteiger partial charge in [-0.25, -0.2) is 0 Å². The predicted molar refractivity (Wildman–Crippen MR) is 89.2 cm³/mol. The van der Waals surface area contributed by atoms with Gasteiger partial charge in [0.1, 0.15) is 0 Å². The number of likely N-dealkylation sites (tertiary alicyclic amines) is 1. The summed E-state index contributed by atoms with van der Waals surface area (Å²) in [5.74, 6) is -1.55. The minimum Gasteiger partial charge on any atom is -0.452 e. The summed E-state index contributed by atoms with van der Waals surface area (Å²) in [6.07, 6.45) is -0.782. The van der Waals surface area contributed by atoms with Crippen molar-refractivity contribution in [3.8, 4) is 0 Å². The topological polar surface area (TPSA) is 75.7 Å². The van der Waals surface area contributed by atoms with E-state index in [0.717, 1.165) is 5.56 Å². The number of likely N-dealkylation sites (N-methyl/N-ethyl adjacent to an activating group) is 1. The summed E-state index contributed by atoms with van der Waals surface area (Å²) in [6.45, 7) is 4.39. The summed E-state index contributed by atoms with van der Waals surface area (Å²) >= 11 is 6.11. The monoisotopic (exact) mass is 352 g/mol. The highest BCUT2D eigenvalue weighted by Crippen LogP contribution is 2.24. The van der Waals surface area contributed by atoms with Gasteiger partial charge in [-0.15, -0.1) is 0 Å². The Morgan fingerprint density at radius 3 is 2.79 bits per heavy atom. The van der Waals surface area contributed by atoms with Gasteiger partial charge in [-0.3, -0.25) is 14.4 Å². The maximum atomic E-state index is 12.2. The third-order valence-corrected chi connectivity index (χ3v) is 4.25. The Morgan fingerprint density at radius 1 is 1.42 bits per heavy atom. The van der Waals surface area contributed by atoms with Gasteiger partial charge in [0, 0.05) is 31.1 Å². The van der Waals surface area contributed by atoms with Crippen LogP contribution in [0.3, 0.4) is 0 Å². The smallest absolute Gasteiger partial charge is 0.312 e. The van der Waals surface area contributed by atoms with E-state index >= 15 is 0 Å². The molecule has 0 aromatic heterocycles. The molecular formula is C17H21ClN2O4. The zero-order valence-electron chi connectivity index (χ0n) is 13.8. The molecule has 7 heteroatoms. The average Bonchev–Trinajstić information content (AvgIpc) is 2.91. The third kappa shape index (κ3) is 4.47.